The number of anilines is 1. The first-order valence-corrected chi connectivity index (χ1v) is 8.65. The van der Waals surface area contributed by atoms with E-state index in [1.807, 2.05) is 0 Å². The van der Waals surface area contributed by atoms with E-state index < -0.39 is 29.6 Å². The average Bonchev–Trinajstić information content (AvgIpc) is 2.97. The van der Waals surface area contributed by atoms with Crippen molar-refractivity contribution in [2.24, 2.45) is 0 Å². The SMILES string of the molecule is CN(C(=O)OC(C)(C)C)c1sccc1C(=O)NC1CCC(=O)NC1=O. The number of carbonyl (C=O) groups excluding carboxylic acids is 4. The Hall–Kier alpha value is -2.42. The van der Waals surface area contributed by atoms with E-state index >= 15 is 0 Å². The van der Waals surface area contributed by atoms with Gasteiger partial charge in [-0.15, -0.1) is 11.3 Å². The summed E-state index contributed by atoms with van der Waals surface area (Å²) in [5.74, 6) is -1.36. The third-order valence-corrected chi connectivity index (χ3v) is 4.40. The molecular formula is C16H21N3O5S. The Labute approximate surface area is 149 Å². The lowest BCUT2D eigenvalue weighted by Crippen LogP contribution is -2.52. The summed E-state index contributed by atoms with van der Waals surface area (Å²) in [6.45, 7) is 5.26. The number of nitrogens with zero attached hydrogens (tertiary/aromatic N) is 1. The maximum absolute atomic E-state index is 12.5. The Balaban J connectivity index is 2.10. The van der Waals surface area contributed by atoms with Crippen molar-refractivity contribution in [3.8, 4) is 0 Å². The number of hydrogen-bond acceptors (Lipinski definition) is 6. The first-order valence-electron chi connectivity index (χ1n) is 7.77. The van der Waals surface area contributed by atoms with Gasteiger partial charge in [0.15, 0.2) is 0 Å². The first-order chi connectivity index (χ1) is 11.6. The molecule has 8 nitrogen and oxygen atoms in total. The normalized spacial score (nSPS) is 17.7. The number of piperidine rings is 1. The minimum atomic E-state index is -0.773. The molecule has 0 aliphatic carbocycles. The molecule has 1 saturated heterocycles. The van der Waals surface area contributed by atoms with Crippen molar-refractivity contribution in [2.75, 3.05) is 11.9 Å². The van der Waals surface area contributed by atoms with Crippen molar-refractivity contribution in [1.82, 2.24) is 10.6 Å². The summed E-state index contributed by atoms with van der Waals surface area (Å²) in [6, 6.07) is 0.798. The fourth-order valence-corrected chi connectivity index (χ4v) is 3.07. The lowest BCUT2D eigenvalue weighted by molar-refractivity contribution is -0.134. The lowest BCUT2D eigenvalue weighted by atomic mass is 10.1. The standard InChI is InChI=1S/C16H21N3O5S/c1-16(2,3)24-15(23)19(4)14-9(7-8-25-14)12(21)17-10-5-6-11(20)18-13(10)22/h7-8,10H,5-6H2,1-4H3,(H,17,21)(H,18,20,22). The second-order valence-corrected chi connectivity index (χ2v) is 7.55. The van der Waals surface area contributed by atoms with Gasteiger partial charge in [-0.25, -0.2) is 4.79 Å². The number of hydrogen-bond donors (Lipinski definition) is 2. The lowest BCUT2D eigenvalue weighted by Gasteiger charge is -2.25. The van der Waals surface area contributed by atoms with E-state index in [1.54, 1.807) is 32.2 Å². The summed E-state index contributed by atoms with van der Waals surface area (Å²) in [5.41, 5.74) is -0.388. The van der Waals surface area contributed by atoms with Crippen LogP contribution in [-0.2, 0) is 14.3 Å². The smallest absolute Gasteiger partial charge is 0.415 e. The molecule has 1 aliphatic rings. The first kappa shape index (κ1) is 18.9. The van der Waals surface area contributed by atoms with Gasteiger partial charge >= 0.3 is 6.09 Å². The van der Waals surface area contributed by atoms with E-state index in [0.717, 1.165) is 0 Å². The molecule has 1 aromatic heterocycles. The van der Waals surface area contributed by atoms with Crippen molar-refractivity contribution in [3.63, 3.8) is 0 Å². The van der Waals surface area contributed by atoms with Crippen LogP contribution < -0.4 is 15.5 Å². The van der Waals surface area contributed by atoms with Crippen LogP contribution in [0.3, 0.4) is 0 Å². The van der Waals surface area contributed by atoms with Crippen molar-refractivity contribution >= 4 is 40.2 Å². The van der Waals surface area contributed by atoms with Gasteiger partial charge in [-0.05, 0) is 38.6 Å². The highest BCUT2D eigenvalue weighted by atomic mass is 32.1. The summed E-state index contributed by atoms with van der Waals surface area (Å²) in [6.07, 6.45) is -0.159. The number of thiophene rings is 1. The molecule has 0 radical (unpaired) electrons. The zero-order valence-electron chi connectivity index (χ0n) is 14.5. The molecule has 9 heteroatoms. The molecule has 136 valence electrons. The molecule has 1 atom stereocenters. The molecule has 1 fully saturated rings. The molecule has 0 spiro atoms. The van der Waals surface area contributed by atoms with E-state index in [1.165, 1.54) is 23.3 Å². The molecule has 2 heterocycles. The third-order valence-electron chi connectivity index (χ3n) is 3.41. The number of carbonyl (C=O) groups is 4. The Bertz CT molecular complexity index is 707. The molecule has 4 amide bonds. The van der Waals surface area contributed by atoms with Crippen molar-refractivity contribution in [1.29, 1.82) is 0 Å². The zero-order valence-corrected chi connectivity index (χ0v) is 15.4. The maximum Gasteiger partial charge on any atom is 0.415 e. The monoisotopic (exact) mass is 367 g/mol. The van der Waals surface area contributed by atoms with Crippen molar-refractivity contribution in [2.45, 2.75) is 45.3 Å². The van der Waals surface area contributed by atoms with Gasteiger partial charge in [-0.2, -0.15) is 0 Å². The highest BCUT2D eigenvalue weighted by molar-refractivity contribution is 7.14. The summed E-state index contributed by atoms with van der Waals surface area (Å²) < 4.78 is 5.30. The van der Waals surface area contributed by atoms with Crippen LogP contribution in [0, 0.1) is 0 Å². The molecule has 1 unspecified atom stereocenters. The van der Waals surface area contributed by atoms with Crippen LogP contribution >= 0.6 is 11.3 Å². The highest BCUT2D eigenvalue weighted by Crippen LogP contribution is 2.28. The predicted octanol–water partition coefficient (Wildman–Crippen LogP) is 1.65. The van der Waals surface area contributed by atoms with Gasteiger partial charge in [0, 0.05) is 13.5 Å². The predicted molar refractivity (Wildman–Crippen MR) is 92.6 cm³/mol. The molecule has 25 heavy (non-hydrogen) atoms. The van der Waals surface area contributed by atoms with Crippen LogP contribution in [0.5, 0.6) is 0 Å². The Morgan fingerprint density at radius 3 is 2.64 bits per heavy atom. The minimum Gasteiger partial charge on any atom is -0.443 e. The molecular weight excluding hydrogens is 346 g/mol. The van der Waals surface area contributed by atoms with E-state index in [-0.39, 0.29) is 24.3 Å². The third kappa shape index (κ3) is 4.79. The van der Waals surface area contributed by atoms with Crippen LogP contribution in [0.2, 0.25) is 0 Å². The number of rotatable bonds is 3. The van der Waals surface area contributed by atoms with Crippen LogP contribution in [0.25, 0.3) is 0 Å². The van der Waals surface area contributed by atoms with Crippen LogP contribution in [-0.4, -0.2) is 42.5 Å². The molecule has 2 N–H and O–H groups in total. The van der Waals surface area contributed by atoms with Gasteiger partial charge in [-0.1, -0.05) is 0 Å². The summed E-state index contributed by atoms with van der Waals surface area (Å²) in [4.78, 5) is 48.9. The Morgan fingerprint density at radius 1 is 1.36 bits per heavy atom. The molecule has 1 aromatic rings. The molecule has 0 bridgehead atoms. The molecule has 1 aliphatic heterocycles. The summed E-state index contributed by atoms with van der Waals surface area (Å²) in [5, 5.41) is 6.88. The number of ether oxygens (including phenoxy) is 1. The van der Waals surface area contributed by atoms with Crippen molar-refractivity contribution in [3.05, 3.63) is 17.0 Å². The maximum atomic E-state index is 12.5. The number of imide groups is 1. The van der Waals surface area contributed by atoms with Crippen LogP contribution in [0.15, 0.2) is 11.4 Å². The van der Waals surface area contributed by atoms with Gasteiger partial charge in [0.25, 0.3) is 5.91 Å². The van der Waals surface area contributed by atoms with Gasteiger partial charge in [0.05, 0.1) is 5.56 Å². The number of nitrogens with one attached hydrogen (secondary N) is 2. The average molecular weight is 367 g/mol. The topological polar surface area (TPSA) is 105 Å². The number of amides is 4. The Kier molecular flexibility index (Phi) is 5.46. The van der Waals surface area contributed by atoms with Gasteiger partial charge in [-0.3, -0.25) is 24.6 Å². The largest absolute Gasteiger partial charge is 0.443 e. The fraction of sp³-hybridized carbons (Fsp3) is 0.500. The molecule has 0 saturated carbocycles. The van der Waals surface area contributed by atoms with Gasteiger partial charge in [0.1, 0.15) is 16.6 Å². The van der Waals surface area contributed by atoms with Crippen molar-refractivity contribution < 1.29 is 23.9 Å². The Morgan fingerprint density at radius 2 is 2.04 bits per heavy atom. The van der Waals surface area contributed by atoms with Gasteiger partial charge in [0.2, 0.25) is 11.8 Å². The van der Waals surface area contributed by atoms with Gasteiger partial charge < -0.3 is 10.1 Å². The van der Waals surface area contributed by atoms with E-state index in [9.17, 15) is 19.2 Å². The molecule has 2 rings (SSSR count). The minimum absolute atomic E-state index is 0.172. The summed E-state index contributed by atoms with van der Waals surface area (Å²) >= 11 is 1.21. The summed E-state index contributed by atoms with van der Waals surface area (Å²) in [7, 11) is 1.52. The molecule has 0 aromatic carbocycles. The highest BCUT2D eigenvalue weighted by Gasteiger charge is 2.30. The quantitative estimate of drug-likeness (QED) is 0.791. The fourth-order valence-electron chi connectivity index (χ4n) is 2.21. The van der Waals surface area contributed by atoms with Crippen LogP contribution in [0.4, 0.5) is 9.80 Å². The van der Waals surface area contributed by atoms with E-state index in [0.29, 0.717) is 5.00 Å². The second kappa shape index (κ2) is 7.22. The van der Waals surface area contributed by atoms with E-state index in [2.05, 4.69) is 10.6 Å². The zero-order chi connectivity index (χ0) is 18.8. The van der Waals surface area contributed by atoms with E-state index in [4.69, 9.17) is 4.74 Å². The van der Waals surface area contributed by atoms with Crippen LogP contribution in [0.1, 0.15) is 44.0 Å². The second-order valence-electron chi connectivity index (χ2n) is 6.66.